The van der Waals surface area contributed by atoms with E-state index in [9.17, 15) is 14.9 Å². The van der Waals surface area contributed by atoms with Crippen molar-refractivity contribution in [3.63, 3.8) is 0 Å². The second kappa shape index (κ2) is 4.77. The Morgan fingerprint density at radius 1 is 1.53 bits per heavy atom. The highest BCUT2D eigenvalue weighted by molar-refractivity contribution is 5.87. The normalized spacial score (nSPS) is 10.2. The third kappa shape index (κ3) is 2.37. The van der Waals surface area contributed by atoms with Crippen molar-refractivity contribution in [2.24, 2.45) is 0 Å². The quantitative estimate of drug-likeness (QED) is 0.661. The topological polar surface area (TPSA) is 107 Å². The third-order valence-corrected chi connectivity index (χ3v) is 2.46. The summed E-state index contributed by atoms with van der Waals surface area (Å²) in [4.78, 5) is 21.1. The summed E-state index contributed by atoms with van der Waals surface area (Å²) < 4.78 is 6.11. The number of hydrogen-bond donors (Lipinski definition) is 1. The Bertz CT molecular complexity index is 650. The Kier molecular flexibility index (Phi) is 3.15. The minimum Gasteiger partial charge on any atom is -0.497 e. The van der Waals surface area contributed by atoms with E-state index in [0.717, 1.165) is 10.9 Å². The number of methoxy groups -OCH3 is 1. The molecular formula is C11H9N3O5. The van der Waals surface area contributed by atoms with Crippen molar-refractivity contribution in [3.8, 4) is 11.4 Å². The highest BCUT2D eigenvalue weighted by atomic mass is 16.6. The number of nitro benzene ring substituents is 1. The van der Waals surface area contributed by atoms with Crippen molar-refractivity contribution in [1.82, 2.24) is 9.78 Å². The zero-order valence-electron chi connectivity index (χ0n) is 9.81. The molecule has 1 aromatic carbocycles. The Hall–Kier alpha value is -2.90. The molecule has 0 aliphatic carbocycles. The van der Waals surface area contributed by atoms with E-state index < -0.39 is 10.9 Å². The maximum Gasteiger partial charge on any atom is 0.338 e. The van der Waals surface area contributed by atoms with Gasteiger partial charge in [-0.3, -0.25) is 10.1 Å². The van der Waals surface area contributed by atoms with Crippen molar-refractivity contribution >= 4 is 11.7 Å². The Labute approximate surface area is 107 Å². The predicted octanol–water partition coefficient (Wildman–Crippen LogP) is 1.49. The van der Waals surface area contributed by atoms with Crippen LogP contribution in [0.5, 0.6) is 5.75 Å². The number of carbonyl (C=O) groups is 1. The minimum atomic E-state index is -1.16. The van der Waals surface area contributed by atoms with Gasteiger partial charge in [-0.05, 0) is 6.07 Å². The van der Waals surface area contributed by atoms with Gasteiger partial charge in [0, 0.05) is 18.3 Å². The Morgan fingerprint density at radius 3 is 2.79 bits per heavy atom. The summed E-state index contributed by atoms with van der Waals surface area (Å²) >= 11 is 0. The van der Waals surface area contributed by atoms with Crippen LogP contribution in [0.3, 0.4) is 0 Å². The zero-order valence-corrected chi connectivity index (χ0v) is 9.81. The highest BCUT2D eigenvalue weighted by Crippen LogP contribution is 2.27. The molecule has 8 nitrogen and oxygen atoms in total. The maximum atomic E-state index is 10.9. The SMILES string of the molecule is COc1ccc([N+](=O)[O-])c(-n2cc(C(=O)O)cn2)c1. The van der Waals surface area contributed by atoms with Gasteiger partial charge in [-0.2, -0.15) is 5.10 Å². The number of rotatable bonds is 4. The largest absolute Gasteiger partial charge is 0.497 e. The predicted molar refractivity (Wildman–Crippen MR) is 63.7 cm³/mol. The number of ether oxygens (including phenoxy) is 1. The van der Waals surface area contributed by atoms with Crippen molar-refractivity contribution in [1.29, 1.82) is 0 Å². The van der Waals surface area contributed by atoms with Gasteiger partial charge in [0.15, 0.2) is 0 Å². The summed E-state index contributed by atoms with van der Waals surface area (Å²) in [5.41, 5.74) is -0.116. The van der Waals surface area contributed by atoms with Crippen LogP contribution in [0.15, 0.2) is 30.6 Å². The first-order chi connectivity index (χ1) is 9.02. The van der Waals surface area contributed by atoms with Gasteiger partial charge in [0.05, 0.1) is 23.8 Å². The summed E-state index contributed by atoms with van der Waals surface area (Å²) in [5, 5.41) is 23.6. The Balaban J connectivity index is 2.57. The molecule has 0 fully saturated rings. The van der Waals surface area contributed by atoms with E-state index in [-0.39, 0.29) is 16.9 Å². The van der Waals surface area contributed by atoms with Crippen LogP contribution in [0, 0.1) is 10.1 Å². The molecule has 0 amide bonds. The molecule has 0 atom stereocenters. The van der Waals surface area contributed by atoms with Crippen molar-refractivity contribution < 1.29 is 19.6 Å². The fraction of sp³-hybridized carbons (Fsp3) is 0.0909. The van der Waals surface area contributed by atoms with E-state index in [1.54, 1.807) is 0 Å². The Morgan fingerprint density at radius 2 is 2.26 bits per heavy atom. The van der Waals surface area contributed by atoms with Gasteiger partial charge >= 0.3 is 5.97 Å². The van der Waals surface area contributed by atoms with E-state index in [2.05, 4.69) is 5.10 Å². The van der Waals surface area contributed by atoms with Crippen LogP contribution >= 0.6 is 0 Å². The van der Waals surface area contributed by atoms with Gasteiger partial charge in [-0.25, -0.2) is 9.48 Å². The third-order valence-electron chi connectivity index (χ3n) is 2.46. The second-order valence-electron chi connectivity index (χ2n) is 3.59. The van der Waals surface area contributed by atoms with E-state index in [1.807, 2.05) is 0 Å². The monoisotopic (exact) mass is 263 g/mol. The van der Waals surface area contributed by atoms with Crippen LogP contribution in [0.1, 0.15) is 10.4 Å². The van der Waals surface area contributed by atoms with Crippen LogP contribution < -0.4 is 4.74 Å². The highest BCUT2D eigenvalue weighted by Gasteiger charge is 2.18. The lowest BCUT2D eigenvalue weighted by Gasteiger charge is -2.05. The number of hydrogen-bond acceptors (Lipinski definition) is 5. The number of benzene rings is 1. The molecule has 0 saturated carbocycles. The molecule has 19 heavy (non-hydrogen) atoms. The first-order valence-electron chi connectivity index (χ1n) is 5.13. The van der Waals surface area contributed by atoms with Gasteiger partial charge in [-0.1, -0.05) is 0 Å². The first-order valence-corrected chi connectivity index (χ1v) is 5.13. The summed E-state index contributed by atoms with van der Waals surface area (Å²) in [6.45, 7) is 0. The summed E-state index contributed by atoms with van der Waals surface area (Å²) in [7, 11) is 1.43. The fourth-order valence-electron chi connectivity index (χ4n) is 1.53. The minimum absolute atomic E-state index is 0.0582. The first kappa shape index (κ1) is 12.6. The van der Waals surface area contributed by atoms with Gasteiger partial charge < -0.3 is 9.84 Å². The molecule has 1 aromatic heterocycles. The molecule has 2 aromatic rings. The summed E-state index contributed by atoms with van der Waals surface area (Å²) in [6, 6.07) is 4.14. The molecule has 1 heterocycles. The van der Waals surface area contributed by atoms with Crippen LogP contribution in [0.4, 0.5) is 5.69 Å². The van der Waals surface area contributed by atoms with Crippen molar-refractivity contribution in [2.75, 3.05) is 7.11 Å². The molecule has 0 radical (unpaired) electrons. The summed E-state index contributed by atoms with van der Waals surface area (Å²) in [5.74, 6) is -0.746. The van der Waals surface area contributed by atoms with Crippen LogP contribution in [-0.4, -0.2) is 32.9 Å². The average molecular weight is 263 g/mol. The molecule has 0 unspecified atom stereocenters. The van der Waals surface area contributed by atoms with Crippen LogP contribution in [0.2, 0.25) is 0 Å². The molecule has 1 N–H and O–H groups in total. The number of carboxylic acid groups (broad SMARTS) is 1. The van der Waals surface area contributed by atoms with Gasteiger partial charge in [0.25, 0.3) is 5.69 Å². The van der Waals surface area contributed by atoms with Crippen LogP contribution in [0.25, 0.3) is 5.69 Å². The zero-order chi connectivity index (χ0) is 14.0. The number of aromatic nitrogens is 2. The lowest BCUT2D eigenvalue weighted by atomic mass is 10.2. The molecular weight excluding hydrogens is 254 g/mol. The van der Waals surface area contributed by atoms with E-state index in [4.69, 9.17) is 9.84 Å². The van der Waals surface area contributed by atoms with Gasteiger partial charge in [-0.15, -0.1) is 0 Å². The van der Waals surface area contributed by atoms with E-state index in [0.29, 0.717) is 5.75 Å². The number of carboxylic acids is 1. The number of aromatic carboxylic acids is 1. The lowest BCUT2D eigenvalue weighted by Crippen LogP contribution is -2.01. The molecule has 0 spiro atoms. The lowest BCUT2D eigenvalue weighted by molar-refractivity contribution is -0.384. The molecule has 0 saturated heterocycles. The molecule has 0 aliphatic heterocycles. The number of nitro groups is 1. The molecule has 8 heteroatoms. The smallest absolute Gasteiger partial charge is 0.338 e. The number of nitrogens with zero attached hydrogens (tertiary/aromatic N) is 3. The molecule has 2 rings (SSSR count). The molecule has 0 aliphatic rings. The van der Waals surface area contributed by atoms with Crippen molar-refractivity contribution in [3.05, 3.63) is 46.3 Å². The molecule has 0 bridgehead atoms. The average Bonchev–Trinajstić information content (AvgIpc) is 2.87. The molecule has 98 valence electrons. The van der Waals surface area contributed by atoms with Gasteiger partial charge in [0.1, 0.15) is 11.4 Å². The van der Waals surface area contributed by atoms with E-state index in [1.165, 1.54) is 31.5 Å². The standard InChI is InChI=1S/C11H9N3O5/c1-19-8-2-3-9(14(17)18)10(4-8)13-6-7(5-12-13)11(15)16/h2-6H,1H3,(H,15,16). The van der Waals surface area contributed by atoms with Crippen molar-refractivity contribution in [2.45, 2.75) is 0 Å². The van der Waals surface area contributed by atoms with Gasteiger partial charge in [0.2, 0.25) is 0 Å². The fourth-order valence-corrected chi connectivity index (χ4v) is 1.53. The second-order valence-corrected chi connectivity index (χ2v) is 3.59. The maximum absolute atomic E-state index is 10.9. The summed E-state index contributed by atoms with van der Waals surface area (Å²) in [6.07, 6.45) is 2.32. The van der Waals surface area contributed by atoms with Crippen LogP contribution in [-0.2, 0) is 0 Å². The van der Waals surface area contributed by atoms with E-state index >= 15 is 0 Å².